The van der Waals surface area contributed by atoms with Crippen LogP contribution in [0.1, 0.15) is 0 Å². The van der Waals surface area contributed by atoms with E-state index in [0.717, 1.165) is 0 Å². The number of rotatable bonds is 1. The zero-order valence-electron chi connectivity index (χ0n) is 6.47. The summed E-state index contributed by atoms with van der Waals surface area (Å²) in [6, 6.07) is 0. The van der Waals surface area contributed by atoms with E-state index >= 15 is 0 Å². The summed E-state index contributed by atoms with van der Waals surface area (Å²) >= 11 is 0. The summed E-state index contributed by atoms with van der Waals surface area (Å²) in [6.07, 6.45) is -5.83. The number of ether oxygens (including phenoxy) is 2. The Morgan fingerprint density at radius 2 is 2.25 bits per heavy atom. The second-order valence-corrected chi connectivity index (χ2v) is 2.45. The van der Waals surface area contributed by atoms with Crippen LogP contribution in [0.3, 0.4) is 0 Å². The fourth-order valence-electron chi connectivity index (χ4n) is 0.860. The van der Waals surface area contributed by atoms with E-state index in [-0.39, 0.29) is 13.2 Å². The third-order valence-electron chi connectivity index (χ3n) is 1.37. The monoisotopic (exact) mass is 184 g/mol. The van der Waals surface area contributed by atoms with Crippen molar-refractivity contribution in [2.24, 2.45) is 0 Å². The molecule has 1 heterocycles. The highest BCUT2D eigenvalue weighted by Gasteiger charge is 2.35. The van der Waals surface area contributed by atoms with Crippen molar-refractivity contribution >= 4 is 0 Å². The molecule has 6 heteroatoms. The van der Waals surface area contributed by atoms with E-state index in [1.165, 1.54) is 0 Å². The molecule has 0 amide bonds. The van der Waals surface area contributed by atoms with Crippen molar-refractivity contribution in [2.75, 3.05) is 20.2 Å². The van der Waals surface area contributed by atoms with Crippen LogP contribution in [0, 0.1) is 6.54 Å². The molecule has 0 aromatic carbocycles. The van der Waals surface area contributed by atoms with Crippen LogP contribution in [0.15, 0.2) is 0 Å². The Kier molecular flexibility index (Phi) is 2.92. The molecule has 3 nitrogen and oxygen atoms in total. The first-order valence-electron chi connectivity index (χ1n) is 3.37. The second kappa shape index (κ2) is 3.59. The molecule has 1 unspecified atom stereocenters. The summed E-state index contributed by atoms with van der Waals surface area (Å²) in [5, 5.41) is 0. The Labute approximate surface area is 68.0 Å². The minimum absolute atomic E-state index is 0.0967. The van der Waals surface area contributed by atoms with Gasteiger partial charge in [0.15, 0.2) is 6.29 Å². The predicted octanol–water partition coefficient (Wildman–Crippen LogP) is 0.973. The second-order valence-electron chi connectivity index (χ2n) is 2.45. The Morgan fingerprint density at radius 3 is 2.75 bits per heavy atom. The summed E-state index contributed by atoms with van der Waals surface area (Å²) in [7, 11) is 1.66. The minimum Gasteiger partial charge on any atom is -0.349 e. The predicted molar refractivity (Wildman–Crippen MR) is 33.8 cm³/mol. The first-order valence-corrected chi connectivity index (χ1v) is 3.37. The average Bonchev–Trinajstić information content (AvgIpc) is 1.82. The van der Waals surface area contributed by atoms with Gasteiger partial charge >= 0.3 is 6.36 Å². The van der Waals surface area contributed by atoms with Crippen LogP contribution in [0.4, 0.5) is 13.2 Å². The zero-order valence-corrected chi connectivity index (χ0v) is 6.47. The van der Waals surface area contributed by atoms with Gasteiger partial charge in [-0.25, -0.2) is 0 Å². The maximum absolute atomic E-state index is 11.6. The average molecular weight is 184 g/mol. The van der Waals surface area contributed by atoms with E-state index in [1.54, 1.807) is 18.5 Å². The fraction of sp³-hybridized carbons (Fsp3) is 0.833. The van der Waals surface area contributed by atoms with E-state index in [0.29, 0.717) is 0 Å². The van der Waals surface area contributed by atoms with Gasteiger partial charge in [-0.3, -0.25) is 9.64 Å². The molecule has 0 saturated carbocycles. The largest absolute Gasteiger partial charge is 0.524 e. The molecule has 12 heavy (non-hydrogen) atoms. The van der Waals surface area contributed by atoms with Gasteiger partial charge in [0, 0.05) is 0 Å². The Bertz CT molecular complexity index is 150. The molecule has 71 valence electrons. The topological polar surface area (TPSA) is 21.7 Å². The van der Waals surface area contributed by atoms with E-state index in [2.05, 4.69) is 9.47 Å². The number of likely N-dealkylation sites (N-methyl/N-ethyl adjacent to an activating group) is 1. The lowest BCUT2D eigenvalue weighted by Gasteiger charge is -2.29. The third-order valence-corrected chi connectivity index (χ3v) is 1.37. The van der Waals surface area contributed by atoms with Crippen molar-refractivity contribution in [3.8, 4) is 0 Å². The van der Waals surface area contributed by atoms with Gasteiger partial charge in [-0.2, -0.15) is 0 Å². The standard InChI is InChI=1S/C6H9F3NO2/c1-10-2-3-11-5(4-10)12-6(7,8)9/h2,5H,3-4H2,1H3. The van der Waals surface area contributed by atoms with Gasteiger partial charge < -0.3 is 4.74 Å². The van der Waals surface area contributed by atoms with Gasteiger partial charge in [-0.05, 0) is 7.05 Å². The molecular weight excluding hydrogens is 175 g/mol. The fourth-order valence-corrected chi connectivity index (χ4v) is 0.860. The summed E-state index contributed by atoms with van der Waals surface area (Å²) in [5.41, 5.74) is 0. The molecule has 1 rings (SSSR count). The normalized spacial score (nSPS) is 27.5. The van der Waals surface area contributed by atoms with Crippen LogP contribution in [0.25, 0.3) is 0 Å². The number of morpholine rings is 1. The third kappa shape index (κ3) is 3.38. The highest BCUT2D eigenvalue weighted by atomic mass is 19.4. The quantitative estimate of drug-likeness (QED) is 0.606. The summed E-state index contributed by atoms with van der Waals surface area (Å²) in [4.78, 5) is 1.60. The number of alkyl halides is 3. The molecule has 1 radical (unpaired) electrons. The molecule has 0 bridgehead atoms. The smallest absolute Gasteiger partial charge is 0.349 e. The van der Waals surface area contributed by atoms with E-state index in [4.69, 9.17) is 0 Å². The van der Waals surface area contributed by atoms with Crippen LogP contribution in [-0.2, 0) is 9.47 Å². The lowest BCUT2D eigenvalue weighted by molar-refractivity contribution is -0.382. The highest BCUT2D eigenvalue weighted by Crippen LogP contribution is 2.21. The van der Waals surface area contributed by atoms with Gasteiger partial charge in [-0.15, -0.1) is 13.2 Å². The number of nitrogens with zero attached hydrogens (tertiary/aromatic N) is 1. The maximum Gasteiger partial charge on any atom is 0.524 e. The van der Waals surface area contributed by atoms with Gasteiger partial charge in [0.2, 0.25) is 0 Å². The minimum atomic E-state index is -4.62. The van der Waals surface area contributed by atoms with Crippen LogP contribution < -0.4 is 0 Å². The zero-order chi connectivity index (χ0) is 9.19. The van der Waals surface area contributed by atoms with Crippen LogP contribution in [0.2, 0.25) is 0 Å². The van der Waals surface area contributed by atoms with E-state index in [1.807, 2.05) is 0 Å². The van der Waals surface area contributed by atoms with Crippen molar-refractivity contribution in [2.45, 2.75) is 12.7 Å². The van der Waals surface area contributed by atoms with Crippen molar-refractivity contribution in [3.05, 3.63) is 6.54 Å². The molecule has 0 N–H and O–H groups in total. The molecule has 1 aliphatic rings. The van der Waals surface area contributed by atoms with Crippen molar-refractivity contribution in [3.63, 3.8) is 0 Å². The van der Waals surface area contributed by atoms with Gasteiger partial charge in [0.25, 0.3) is 0 Å². The molecule has 1 aliphatic heterocycles. The van der Waals surface area contributed by atoms with E-state index in [9.17, 15) is 13.2 Å². The lowest BCUT2D eigenvalue weighted by Crippen LogP contribution is -2.41. The highest BCUT2D eigenvalue weighted by molar-refractivity contribution is 4.71. The van der Waals surface area contributed by atoms with Crippen LogP contribution in [-0.4, -0.2) is 37.8 Å². The SMILES string of the molecule is CN1[CH]COC(OC(F)(F)F)C1. The van der Waals surface area contributed by atoms with Gasteiger partial charge in [0.1, 0.15) is 0 Å². The van der Waals surface area contributed by atoms with Gasteiger partial charge in [0.05, 0.1) is 19.7 Å². The molecule has 0 aromatic rings. The maximum atomic E-state index is 11.6. The Morgan fingerprint density at radius 1 is 1.58 bits per heavy atom. The molecule has 1 fully saturated rings. The first kappa shape index (κ1) is 9.76. The molecule has 0 aliphatic carbocycles. The summed E-state index contributed by atoms with van der Waals surface area (Å²) < 4.78 is 43.3. The van der Waals surface area contributed by atoms with E-state index < -0.39 is 12.7 Å². The number of hydrogen-bond acceptors (Lipinski definition) is 3. The number of hydrogen-bond donors (Lipinski definition) is 0. The Hall–Kier alpha value is -0.330. The van der Waals surface area contributed by atoms with Crippen LogP contribution in [0.5, 0.6) is 0 Å². The van der Waals surface area contributed by atoms with Crippen molar-refractivity contribution in [1.82, 2.24) is 4.90 Å². The molecular formula is C6H9F3NO2. The molecule has 1 atom stereocenters. The molecule has 0 aromatic heterocycles. The summed E-state index contributed by atoms with van der Waals surface area (Å²) in [5.74, 6) is 0. The first-order chi connectivity index (χ1) is 5.47. The van der Waals surface area contributed by atoms with Crippen molar-refractivity contribution in [1.29, 1.82) is 0 Å². The number of halogens is 3. The summed E-state index contributed by atoms with van der Waals surface area (Å²) in [6.45, 7) is 1.90. The lowest BCUT2D eigenvalue weighted by atomic mass is 10.4. The van der Waals surface area contributed by atoms with Crippen LogP contribution >= 0.6 is 0 Å². The molecule has 0 spiro atoms. The Balaban J connectivity index is 2.32. The van der Waals surface area contributed by atoms with Gasteiger partial charge in [-0.1, -0.05) is 0 Å². The van der Waals surface area contributed by atoms with Crippen molar-refractivity contribution < 1.29 is 22.6 Å². The molecule has 1 saturated heterocycles.